The van der Waals surface area contributed by atoms with E-state index in [0.29, 0.717) is 16.4 Å². The molecule has 3 rings (SSSR count). The summed E-state index contributed by atoms with van der Waals surface area (Å²) in [5.74, 6) is -0.158. The van der Waals surface area contributed by atoms with Gasteiger partial charge in [0.2, 0.25) is 11.1 Å². The standard InChI is InChI=1S/C19H17N3O2S3/c1-12(23)13-8-10-15(11-9-13)20-17(24)16(14-6-4-3-5-7-14)26-19-21-18(25-2)22-27-19/h3-11,16H,1-2H3,(H,20,24)/t16-/m0/s1. The SMILES string of the molecule is CSc1nsc(S[C@H](C(=O)Nc2ccc(C(C)=O)cc2)c2ccccc2)n1. The number of carbonyl (C=O) groups is 2. The number of carbonyl (C=O) groups excluding carboxylic acids is 2. The summed E-state index contributed by atoms with van der Waals surface area (Å²) >= 11 is 4.14. The van der Waals surface area contributed by atoms with Gasteiger partial charge in [-0.25, -0.2) is 4.98 Å². The molecule has 1 atom stereocenters. The highest BCUT2D eigenvalue weighted by Crippen LogP contribution is 2.37. The molecule has 1 N–H and O–H groups in total. The number of hydrogen-bond acceptors (Lipinski definition) is 7. The first-order chi connectivity index (χ1) is 13.1. The van der Waals surface area contributed by atoms with Gasteiger partial charge < -0.3 is 5.32 Å². The second-order valence-corrected chi connectivity index (χ2v) is 8.46. The third-order valence-electron chi connectivity index (χ3n) is 3.69. The highest BCUT2D eigenvalue weighted by Gasteiger charge is 2.24. The Hall–Kier alpha value is -2.16. The minimum absolute atomic E-state index is 0.00791. The number of aromatic nitrogens is 2. The van der Waals surface area contributed by atoms with Crippen LogP contribution in [0.25, 0.3) is 0 Å². The number of rotatable bonds is 7. The lowest BCUT2D eigenvalue weighted by atomic mass is 10.1. The van der Waals surface area contributed by atoms with Gasteiger partial charge in [0.05, 0.1) is 0 Å². The zero-order valence-corrected chi connectivity index (χ0v) is 17.2. The summed E-state index contributed by atoms with van der Waals surface area (Å²) in [4.78, 5) is 28.8. The maximum atomic E-state index is 13.0. The molecule has 0 fully saturated rings. The molecule has 0 aliphatic rings. The number of ketones is 1. The molecular weight excluding hydrogens is 398 g/mol. The summed E-state index contributed by atoms with van der Waals surface area (Å²) in [6.45, 7) is 1.51. The van der Waals surface area contributed by atoms with E-state index in [1.165, 1.54) is 42.0 Å². The van der Waals surface area contributed by atoms with E-state index in [1.54, 1.807) is 24.3 Å². The Morgan fingerprint density at radius 1 is 1.07 bits per heavy atom. The summed E-state index contributed by atoms with van der Waals surface area (Å²) in [6.07, 6.45) is 1.92. The fourth-order valence-electron chi connectivity index (χ4n) is 2.33. The van der Waals surface area contributed by atoms with E-state index in [0.717, 1.165) is 9.90 Å². The van der Waals surface area contributed by atoms with Crippen molar-refractivity contribution in [2.45, 2.75) is 21.7 Å². The van der Waals surface area contributed by atoms with E-state index < -0.39 is 5.25 Å². The van der Waals surface area contributed by atoms with E-state index in [1.807, 2.05) is 36.6 Å². The minimum atomic E-state index is -0.457. The zero-order chi connectivity index (χ0) is 19.2. The predicted octanol–water partition coefficient (Wildman–Crippen LogP) is 4.93. The molecular formula is C19H17N3O2S3. The Bertz CT molecular complexity index is 927. The van der Waals surface area contributed by atoms with Gasteiger partial charge in [-0.05, 0) is 54.5 Å². The van der Waals surface area contributed by atoms with Crippen molar-refractivity contribution in [3.63, 3.8) is 0 Å². The molecule has 0 bridgehead atoms. The topological polar surface area (TPSA) is 72.0 Å². The van der Waals surface area contributed by atoms with Crippen molar-refractivity contribution in [1.29, 1.82) is 0 Å². The summed E-state index contributed by atoms with van der Waals surface area (Å²) in [7, 11) is 0. The number of anilines is 1. The van der Waals surface area contributed by atoms with Crippen LogP contribution in [0, 0.1) is 0 Å². The summed E-state index contributed by atoms with van der Waals surface area (Å²) in [5, 5.41) is 3.17. The van der Waals surface area contributed by atoms with Crippen LogP contribution in [0.4, 0.5) is 5.69 Å². The average molecular weight is 416 g/mol. The van der Waals surface area contributed by atoms with E-state index in [4.69, 9.17) is 0 Å². The maximum Gasteiger partial charge on any atom is 0.242 e. The molecule has 0 aliphatic heterocycles. The summed E-state index contributed by atoms with van der Waals surface area (Å²) in [6, 6.07) is 16.5. The number of hydrogen-bond donors (Lipinski definition) is 1. The van der Waals surface area contributed by atoms with Crippen molar-refractivity contribution in [3.8, 4) is 0 Å². The maximum absolute atomic E-state index is 13.0. The summed E-state index contributed by atoms with van der Waals surface area (Å²) < 4.78 is 5.01. The van der Waals surface area contributed by atoms with Gasteiger partial charge in [-0.3, -0.25) is 9.59 Å². The third-order valence-corrected chi connectivity index (χ3v) is 6.39. The molecule has 1 aromatic heterocycles. The smallest absolute Gasteiger partial charge is 0.242 e. The van der Waals surface area contributed by atoms with Gasteiger partial charge in [0, 0.05) is 11.3 Å². The lowest BCUT2D eigenvalue weighted by Crippen LogP contribution is -2.19. The molecule has 27 heavy (non-hydrogen) atoms. The van der Waals surface area contributed by atoms with Crippen LogP contribution in [0.3, 0.4) is 0 Å². The minimum Gasteiger partial charge on any atom is -0.325 e. The van der Waals surface area contributed by atoms with Crippen LogP contribution >= 0.6 is 35.1 Å². The summed E-state index contributed by atoms with van der Waals surface area (Å²) in [5.41, 5.74) is 2.15. The lowest BCUT2D eigenvalue weighted by Gasteiger charge is -2.15. The molecule has 1 amide bonds. The lowest BCUT2D eigenvalue weighted by molar-refractivity contribution is -0.115. The number of amides is 1. The van der Waals surface area contributed by atoms with Crippen molar-refractivity contribution in [3.05, 3.63) is 65.7 Å². The molecule has 0 radical (unpaired) electrons. The average Bonchev–Trinajstić information content (AvgIpc) is 3.15. The number of nitrogens with zero attached hydrogens (tertiary/aromatic N) is 2. The molecule has 2 aromatic carbocycles. The number of thioether (sulfide) groups is 2. The second kappa shape index (κ2) is 9.16. The molecule has 0 saturated heterocycles. The number of benzene rings is 2. The van der Waals surface area contributed by atoms with E-state index in [-0.39, 0.29) is 11.7 Å². The largest absolute Gasteiger partial charge is 0.325 e. The van der Waals surface area contributed by atoms with Crippen molar-refractivity contribution < 1.29 is 9.59 Å². The van der Waals surface area contributed by atoms with Gasteiger partial charge in [-0.15, -0.1) is 0 Å². The molecule has 0 aliphatic carbocycles. The van der Waals surface area contributed by atoms with Gasteiger partial charge >= 0.3 is 0 Å². The Kier molecular flexibility index (Phi) is 6.65. The van der Waals surface area contributed by atoms with Gasteiger partial charge in [-0.2, -0.15) is 4.37 Å². The van der Waals surface area contributed by atoms with E-state index in [2.05, 4.69) is 14.7 Å². The molecule has 5 nitrogen and oxygen atoms in total. The number of Topliss-reactive ketones (excluding diaryl/α,β-unsaturated/α-hetero) is 1. The molecule has 0 saturated carbocycles. The van der Waals surface area contributed by atoms with Gasteiger partial charge in [0.25, 0.3) is 0 Å². The number of nitrogens with one attached hydrogen (secondary N) is 1. The molecule has 0 unspecified atom stereocenters. The third kappa shape index (κ3) is 5.18. The van der Waals surface area contributed by atoms with Crippen LogP contribution in [-0.4, -0.2) is 27.3 Å². The first-order valence-corrected chi connectivity index (χ1v) is 11.0. The van der Waals surface area contributed by atoms with Crippen molar-refractivity contribution in [1.82, 2.24) is 9.36 Å². The van der Waals surface area contributed by atoms with Crippen LogP contribution in [0.1, 0.15) is 28.1 Å². The first-order valence-electron chi connectivity index (χ1n) is 8.08. The highest BCUT2D eigenvalue weighted by molar-refractivity contribution is 8.02. The Morgan fingerprint density at radius 2 is 1.78 bits per heavy atom. The van der Waals surface area contributed by atoms with Gasteiger partial charge in [0.15, 0.2) is 10.1 Å². The predicted molar refractivity (Wildman–Crippen MR) is 112 cm³/mol. The van der Waals surface area contributed by atoms with Crippen LogP contribution in [0.2, 0.25) is 0 Å². The van der Waals surface area contributed by atoms with Crippen molar-refractivity contribution in [2.24, 2.45) is 0 Å². The van der Waals surface area contributed by atoms with Gasteiger partial charge in [0.1, 0.15) is 5.25 Å². The van der Waals surface area contributed by atoms with Crippen LogP contribution < -0.4 is 5.32 Å². The molecule has 8 heteroatoms. The van der Waals surface area contributed by atoms with Crippen LogP contribution in [0.5, 0.6) is 0 Å². The quantitative estimate of drug-likeness (QED) is 0.435. The Morgan fingerprint density at radius 3 is 2.37 bits per heavy atom. The van der Waals surface area contributed by atoms with Crippen molar-refractivity contribution >= 4 is 52.4 Å². The first kappa shape index (κ1) is 19.6. The zero-order valence-electron chi connectivity index (χ0n) is 14.7. The van der Waals surface area contributed by atoms with E-state index >= 15 is 0 Å². The molecule has 0 spiro atoms. The fraction of sp³-hybridized carbons (Fsp3) is 0.158. The second-order valence-electron chi connectivity index (χ2n) is 5.58. The molecule has 138 valence electrons. The van der Waals surface area contributed by atoms with Gasteiger partial charge in [-0.1, -0.05) is 53.9 Å². The Labute approximate surface area is 170 Å². The van der Waals surface area contributed by atoms with Crippen LogP contribution in [0.15, 0.2) is 64.1 Å². The molecule has 1 heterocycles. The highest BCUT2D eigenvalue weighted by atomic mass is 32.2. The van der Waals surface area contributed by atoms with Crippen LogP contribution in [-0.2, 0) is 4.79 Å². The molecule has 3 aromatic rings. The van der Waals surface area contributed by atoms with E-state index in [9.17, 15) is 9.59 Å². The normalized spacial score (nSPS) is 11.8. The van der Waals surface area contributed by atoms with Crippen molar-refractivity contribution in [2.75, 3.05) is 11.6 Å². The fourth-order valence-corrected chi connectivity index (χ4v) is 4.73. The Balaban J connectivity index is 1.81. The monoisotopic (exact) mass is 415 g/mol.